The van der Waals surface area contributed by atoms with E-state index in [1.54, 1.807) is 30.1 Å². The van der Waals surface area contributed by atoms with Crippen molar-refractivity contribution in [1.29, 1.82) is 0 Å². The number of nitro benzene ring substituents is 1. The predicted octanol–water partition coefficient (Wildman–Crippen LogP) is 4.95. The van der Waals surface area contributed by atoms with Crippen LogP contribution in [0.2, 0.25) is 5.02 Å². The summed E-state index contributed by atoms with van der Waals surface area (Å²) in [6.07, 6.45) is 6.43. The second-order valence-electron chi connectivity index (χ2n) is 6.51. The molecule has 0 aliphatic rings. The summed E-state index contributed by atoms with van der Waals surface area (Å²) in [6.45, 7) is 2.76. The highest BCUT2D eigenvalue weighted by Gasteiger charge is 2.12. The van der Waals surface area contributed by atoms with E-state index in [1.807, 2.05) is 19.1 Å². The standard InChI is InChI=1S/C22H20ClN3O5/c1-3-25-13-17(12-24-25)20(27)7-4-15-5-8-21(30-2)16(10-15)14-31-22-9-6-18(26(28)29)11-19(22)23/h4-13H,3,14H2,1-2H3/b7-4+. The van der Waals surface area contributed by atoms with Crippen LogP contribution >= 0.6 is 11.6 Å². The van der Waals surface area contributed by atoms with Crippen molar-refractivity contribution in [1.82, 2.24) is 9.78 Å². The van der Waals surface area contributed by atoms with Crippen molar-refractivity contribution in [2.24, 2.45) is 0 Å². The Morgan fingerprint density at radius 2 is 2.03 bits per heavy atom. The fraction of sp³-hybridized carbons (Fsp3) is 0.182. The quantitative estimate of drug-likeness (QED) is 0.202. The molecular weight excluding hydrogens is 422 g/mol. The van der Waals surface area contributed by atoms with Gasteiger partial charge in [-0.3, -0.25) is 19.6 Å². The Bertz CT molecular complexity index is 1140. The van der Waals surface area contributed by atoms with Crippen LogP contribution in [0.1, 0.15) is 28.4 Å². The highest BCUT2D eigenvalue weighted by Crippen LogP contribution is 2.30. The first-order chi connectivity index (χ1) is 14.9. The monoisotopic (exact) mass is 441 g/mol. The fourth-order valence-electron chi connectivity index (χ4n) is 2.82. The molecule has 0 aliphatic carbocycles. The zero-order chi connectivity index (χ0) is 22.4. The minimum atomic E-state index is -0.525. The van der Waals surface area contributed by atoms with Crippen molar-refractivity contribution in [3.63, 3.8) is 0 Å². The molecule has 160 valence electrons. The van der Waals surface area contributed by atoms with Gasteiger partial charge in [-0.2, -0.15) is 5.10 Å². The van der Waals surface area contributed by atoms with Crippen LogP contribution in [0.25, 0.3) is 6.08 Å². The molecule has 0 saturated heterocycles. The van der Waals surface area contributed by atoms with Gasteiger partial charge in [0.05, 0.1) is 28.8 Å². The van der Waals surface area contributed by atoms with Crippen molar-refractivity contribution in [3.8, 4) is 11.5 Å². The van der Waals surface area contributed by atoms with Gasteiger partial charge in [0.15, 0.2) is 5.78 Å². The number of carbonyl (C=O) groups excluding carboxylic acids is 1. The number of ether oxygens (including phenoxy) is 2. The molecule has 0 aliphatic heterocycles. The molecule has 3 rings (SSSR count). The molecule has 0 atom stereocenters. The van der Waals surface area contributed by atoms with Gasteiger partial charge in [0.2, 0.25) is 0 Å². The molecule has 1 aromatic heterocycles. The lowest BCUT2D eigenvalue weighted by Gasteiger charge is -2.12. The smallest absolute Gasteiger partial charge is 0.271 e. The Kier molecular flexibility index (Phi) is 7.04. The van der Waals surface area contributed by atoms with Gasteiger partial charge in [0, 0.05) is 30.4 Å². The second kappa shape index (κ2) is 9.90. The van der Waals surface area contributed by atoms with E-state index in [1.165, 1.54) is 30.5 Å². The van der Waals surface area contributed by atoms with Gasteiger partial charge >= 0.3 is 0 Å². The maximum absolute atomic E-state index is 12.3. The largest absolute Gasteiger partial charge is 0.496 e. The van der Waals surface area contributed by atoms with Crippen molar-refractivity contribution in [3.05, 3.63) is 86.7 Å². The summed E-state index contributed by atoms with van der Waals surface area (Å²) in [5, 5.41) is 15.1. The van der Waals surface area contributed by atoms with Gasteiger partial charge in [-0.05, 0) is 36.8 Å². The summed E-state index contributed by atoms with van der Waals surface area (Å²) in [5.41, 5.74) is 1.91. The molecule has 0 fully saturated rings. The number of aromatic nitrogens is 2. The van der Waals surface area contributed by atoms with Crippen LogP contribution in [0, 0.1) is 10.1 Å². The Hall–Kier alpha value is -3.65. The number of benzene rings is 2. The minimum Gasteiger partial charge on any atom is -0.496 e. The Balaban J connectivity index is 1.74. The van der Waals surface area contributed by atoms with Crippen LogP contribution in [0.3, 0.4) is 0 Å². The summed E-state index contributed by atoms with van der Waals surface area (Å²) in [5.74, 6) is 0.773. The fourth-order valence-corrected chi connectivity index (χ4v) is 3.05. The number of nitro groups is 1. The first kappa shape index (κ1) is 22.0. The number of halogens is 1. The van der Waals surface area contributed by atoms with E-state index in [0.29, 0.717) is 23.6 Å². The lowest BCUT2D eigenvalue weighted by molar-refractivity contribution is -0.384. The molecule has 0 radical (unpaired) electrons. The topological polar surface area (TPSA) is 96.5 Å². The average molecular weight is 442 g/mol. The van der Waals surface area contributed by atoms with Crippen LogP contribution in [0.15, 0.2) is 54.9 Å². The number of hydrogen-bond donors (Lipinski definition) is 0. The maximum Gasteiger partial charge on any atom is 0.271 e. The number of aryl methyl sites for hydroxylation is 1. The lowest BCUT2D eigenvalue weighted by Crippen LogP contribution is -2.00. The van der Waals surface area contributed by atoms with E-state index in [4.69, 9.17) is 21.1 Å². The molecule has 2 aromatic carbocycles. The molecule has 9 heteroatoms. The van der Waals surface area contributed by atoms with Crippen LogP contribution < -0.4 is 9.47 Å². The molecule has 0 spiro atoms. The van der Waals surface area contributed by atoms with E-state index >= 15 is 0 Å². The lowest BCUT2D eigenvalue weighted by atomic mass is 10.1. The Labute approximate surface area is 183 Å². The number of ketones is 1. The van der Waals surface area contributed by atoms with Gasteiger partial charge in [-0.15, -0.1) is 0 Å². The van der Waals surface area contributed by atoms with E-state index < -0.39 is 4.92 Å². The Morgan fingerprint density at radius 1 is 1.26 bits per heavy atom. The Morgan fingerprint density at radius 3 is 2.68 bits per heavy atom. The molecule has 0 unspecified atom stereocenters. The van der Waals surface area contributed by atoms with Crippen LogP contribution in [0.4, 0.5) is 5.69 Å². The van der Waals surface area contributed by atoms with Gasteiger partial charge in [0.25, 0.3) is 5.69 Å². The molecule has 31 heavy (non-hydrogen) atoms. The van der Waals surface area contributed by atoms with E-state index in [0.717, 1.165) is 11.1 Å². The highest BCUT2D eigenvalue weighted by molar-refractivity contribution is 6.32. The third-order valence-electron chi connectivity index (χ3n) is 4.48. The number of nitrogens with zero attached hydrogens (tertiary/aromatic N) is 3. The van der Waals surface area contributed by atoms with Crippen molar-refractivity contribution in [2.45, 2.75) is 20.1 Å². The zero-order valence-electron chi connectivity index (χ0n) is 16.9. The van der Waals surface area contributed by atoms with Gasteiger partial charge in [-0.25, -0.2) is 0 Å². The SMILES string of the molecule is CCn1cc(C(=O)/C=C/c2ccc(OC)c(COc3ccc([N+](=O)[O-])cc3Cl)c2)cn1. The zero-order valence-corrected chi connectivity index (χ0v) is 17.7. The predicted molar refractivity (Wildman–Crippen MR) is 117 cm³/mol. The van der Waals surface area contributed by atoms with Crippen LogP contribution in [-0.2, 0) is 13.2 Å². The van der Waals surface area contributed by atoms with E-state index in [-0.39, 0.29) is 23.1 Å². The third kappa shape index (κ3) is 5.49. The second-order valence-corrected chi connectivity index (χ2v) is 6.92. The summed E-state index contributed by atoms with van der Waals surface area (Å²) in [6, 6.07) is 9.43. The first-order valence-electron chi connectivity index (χ1n) is 9.39. The number of carbonyl (C=O) groups is 1. The van der Waals surface area contributed by atoms with Gasteiger partial charge < -0.3 is 9.47 Å². The van der Waals surface area contributed by atoms with Crippen molar-refractivity contribution >= 4 is 29.1 Å². The van der Waals surface area contributed by atoms with Gasteiger partial charge in [-0.1, -0.05) is 23.7 Å². The number of hydrogen-bond acceptors (Lipinski definition) is 6. The van der Waals surface area contributed by atoms with Crippen molar-refractivity contribution in [2.75, 3.05) is 7.11 Å². The average Bonchev–Trinajstić information content (AvgIpc) is 3.26. The molecule has 1 heterocycles. The first-order valence-corrected chi connectivity index (χ1v) is 9.77. The molecule has 0 N–H and O–H groups in total. The highest BCUT2D eigenvalue weighted by atomic mass is 35.5. The number of methoxy groups -OCH3 is 1. The maximum atomic E-state index is 12.3. The number of rotatable bonds is 9. The number of non-ortho nitro benzene ring substituents is 1. The number of allylic oxidation sites excluding steroid dienone is 1. The summed E-state index contributed by atoms with van der Waals surface area (Å²) >= 11 is 6.08. The molecule has 8 nitrogen and oxygen atoms in total. The van der Waals surface area contributed by atoms with E-state index in [9.17, 15) is 14.9 Å². The summed E-state index contributed by atoms with van der Waals surface area (Å²) in [7, 11) is 1.54. The minimum absolute atomic E-state index is 0.115. The van der Waals surface area contributed by atoms with Crippen molar-refractivity contribution < 1.29 is 19.2 Å². The summed E-state index contributed by atoms with van der Waals surface area (Å²) < 4.78 is 12.8. The molecule has 0 saturated carbocycles. The molecule has 0 bridgehead atoms. The molecule has 0 amide bonds. The van der Waals surface area contributed by atoms with Crippen LogP contribution in [-0.4, -0.2) is 27.6 Å². The normalized spacial score (nSPS) is 10.9. The van der Waals surface area contributed by atoms with E-state index in [2.05, 4.69) is 5.10 Å². The molecule has 3 aromatic rings. The van der Waals surface area contributed by atoms with Crippen LogP contribution in [0.5, 0.6) is 11.5 Å². The molecular formula is C22H20ClN3O5. The van der Waals surface area contributed by atoms with Gasteiger partial charge in [0.1, 0.15) is 18.1 Å². The summed E-state index contributed by atoms with van der Waals surface area (Å²) in [4.78, 5) is 22.6. The third-order valence-corrected chi connectivity index (χ3v) is 4.78.